The number of β-amino-alcohol motifs (C(OH)–C–C–N with tert-alkyl or cyclic N) is 1. The van der Waals surface area contributed by atoms with E-state index in [1.807, 2.05) is 30.3 Å². The molecule has 3 rings (SSSR count). The van der Waals surface area contributed by atoms with Crippen molar-refractivity contribution in [3.63, 3.8) is 0 Å². The van der Waals surface area contributed by atoms with Crippen LogP contribution in [0, 0.1) is 0 Å². The van der Waals surface area contributed by atoms with E-state index in [0.29, 0.717) is 35.8 Å². The Morgan fingerprint density at radius 3 is 2.03 bits per heavy atom. The first kappa shape index (κ1) is 25.1. The monoisotopic (exact) mass is 460 g/mol. The summed E-state index contributed by atoms with van der Waals surface area (Å²) in [7, 11) is 0. The van der Waals surface area contributed by atoms with E-state index in [1.54, 1.807) is 29.2 Å². The summed E-state index contributed by atoms with van der Waals surface area (Å²) in [6.07, 6.45) is 0.548. The molecule has 8 nitrogen and oxygen atoms in total. The lowest BCUT2D eigenvalue weighted by molar-refractivity contribution is -0.134. The van der Waals surface area contributed by atoms with Gasteiger partial charge in [-0.15, -0.1) is 0 Å². The average Bonchev–Trinajstić information content (AvgIpc) is 3.14. The van der Waals surface area contributed by atoms with Gasteiger partial charge in [-0.3, -0.25) is 9.69 Å². The Balaban J connectivity index is 0.000000390. The third-order valence-electron chi connectivity index (χ3n) is 4.83. The summed E-state index contributed by atoms with van der Waals surface area (Å²) in [5.74, 6) is -2.64. The van der Waals surface area contributed by atoms with Crippen molar-refractivity contribution in [2.75, 3.05) is 24.5 Å². The number of nitrogens with zero attached hydrogens (tertiary/aromatic N) is 2. The highest BCUT2D eigenvalue weighted by molar-refractivity contribution is 6.30. The van der Waals surface area contributed by atoms with Crippen molar-refractivity contribution in [3.8, 4) is 0 Å². The van der Waals surface area contributed by atoms with Gasteiger partial charge in [0.15, 0.2) is 0 Å². The van der Waals surface area contributed by atoms with Gasteiger partial charge in [0.25, 0.3) is 5.91 Å². The molecule has 0 spiro atoms. The molecule has 1 fully saturated rings. The third-order valence-corrected chi connectivity index (χ3v) is 5.08. The van der Waals surface area contributed by atoms with Crippen LogP contribution in [0.1, 0.15) is 17.3 Å². The number of aliphatic hydroxyl groups excluding tert-OH is 1. The number of likely N-dealkylation sites (tertiary alicyclic amines) is 1. The van der Waals surface area contributed by atoms with Gasteiger partial charge in [-0.1, -0.05) is 36.7 Å². The maximum atomic E-state index is 13.1. The van der Waals surface area contributed by atoms with E-state index < -0.39 is 18.0 Å². The number of carboxylic acids is 2. The minimum Gasteiger partial charge on any atom is -0.478 e. The Hall–Kier alpha value is -3.20. The third kappa shape index (κ3) is 7.19. The van der Waals surface area contributed by atoms with Crippen molar-refractivity contribution in [3.05, 3.63) is 77.3 Å². The highest BCUT2D eigenvalue weighted by atomic mass is 35.5. The molecule has 0 bridgehead atoms. The van der Waals surface area contributed by atoms with E-state index >= 15 is 0 Å². The van der Waals surface area contributed by atoms with Crippen LogP contribution < -0.4 is 4.90 Å². The molecule has 2 atom stereocenters. The predicted molar refractivity (Wildman–Crippen MR) is 121 cm³/mol. The van der Waals surface area contributed by atoms with Crippen molar-refractivity contribution in [1.29, 1.82) is 0 Å². The standard InChI is InChI=1S/C19H21ClN2O2.C4H4O4/c1-2-21-12-17(18(23)13-21)22(16-6-4-3-5-7-16)19(24)14-8-10-15(20)11-9-14;5-3(6)1-2-4(7)8/h3-11,17-18,23H,2,12-13H2,1H3;1-2H,(H,5,6)(H,7,8)/b;2-1+. The van der Waals surface area contributed by atoms with Crippen molar-refractivity contribution < 1.29 is 29.7 Å². The summed E-state index contributed by atoms with van der Waals surface area (Å²) < 4.78 is 0. The highest BCUT2D eigenvalue weighted by Gasteiger charge is 2.38. The molecule has 1 heterocycles. The number of amides is 1. The zero-order valence-corrected chi connectivity index (χ0v) is 18.2. The van der Waals surface area contributed by atoms with Crippen molar-refractivity contribution in [2.24, 2.45) is 0 Å². The summed E-state index contributed by atoms with van der Waals surface area (Å²) in [5.41, 5.74) is 1.35. The van der Waals surface area contributed by atoms with Crippen molar-refractivity contribution in [1.82, 2.24) is 4.90 Å². The second kappa shape index (κ2) is 12.0. The van der Waals surface area contributed by atoms with Gasteiger partial charge in [0.05, 0.1) is 12.1 Å². The van der Waals surface area contributed by atoms with Crippen LogP contribution in [0.25, 0.3) is 0 Å². The lowest BCUT2D eigenvalue weighted by Crippen LogP contribution is -2.47. The lowest BCUT2D eigenvalue weighted by atomic mass is 10.1. The number of carboxylic acid groups (broad SMARTS) is 2. The van der Waals surface area contributed by atoms with Crippen LogP contribution in [-0.4, -0.2) is 69.8 Å². The largest absolute Gasteiger partial charge is 0.478 e. The van der Waals surface area contributed by atoms with Crippen LogP contribution in [0.3, 0.4) is 0 Å². The van der Waals surface area contributed by atoms with Crippen LogP contribution in [0.4, 0.5) is 5.69 Å². The fraction of sp³-hybridized carbons (Fsp3) is 0.261. The lowest BCUT2D eigenvalue weighted by Gasteiger charge is -2.31. The van der Waals surface area contributed by atoms with Gasteiger partial charge in [0.1, 0.15) is 0 Å². The number of rotatable bonds is 6. The van der Waals surface area contributed by atoms with Crippen LogP contribution in [-0.2, 0) is 9.59 Å². The van der Waals surface area contributed by atoms with Crippen molar-refractivity contribution in [2.45, 2.75) is 19.1 Å². The van der Waals surface area contributed by atoms with E-state index in [9.17, 15) is 19.5 Å². The second-order valence-electron chi connectivity index (χ2n) is 7.01. The Bertz CT molecular complexity index is 933. The quantitative estimate of drug-likeness (QED) is 0.567. The first-order valence-corrected chi connectivity index (χ1v) is 10.3. The first-order chi connectivity index (χ1) is 15.2. The van der Waals surface area contributed by atoms with E-state index in [0.717, 1.165) is 12.2 Å². The molecule has 0 aromatic heterocycles. The van der Waals surface area contributed by atoms with Gasteiger partial charge in [-0.25, -0.2) is 9.59 Å². The molecular weight excluding hydrogens is 436 g/mol. The Morgan fingerprint density at radius 2 is 1.56 bits per heavy atom. The number of anilines is 1. The molecule has 170 valence electrons. The minimum absolute atomic E-state index is 0.125. The molecule has 3 N–H and O–H groups in total. The van der Waals surface area contributed by atoms with E-state index in [-0.39, 0.29) is 11.9 Å². The van der Waals surface area contributed by atoms with Crippen LogP contribution in [0.15, 0.2) is 66.7 Å². The second-order valence-corrected chi connectivity index (χ2v) is 7.45. The number of carbonyl (C=O) groups excluding carboxylic acids is 1. The Morgan fingerprint density at radius 1 is 1.00 bits per heavy atom. The van der Waals surface area contributed by atoms with E-state index in [2.05, 4.69) is 11.8 Å². The fourth-order valence-electron chi connectivity index (χ4n) is 3.28. The Labute approximate surface area is 191 Å². The first-order valence-electron chi connectivity index (χ1n) is 9.91. The van der Waals surface area contributed by atoms with Gasteiger partial charge in [-0.05, 0) is 42.9 Å². The molecule has 0 radical (unpaired) electrons. The van der Waals surface area contributed by atoms with Gasteiger partial charge in [0, 0.05) is 41.5 Å². The maximum absolute atomic E-state index is 13.1. The molecule has 32 heavy (non-hydrogen) atoms. The smallest absolute Gasteiger partial charge is 0.328 e. The van der Waals surface area contributed by atoms with Crippen LogP contribution in [0.2, 0.25) is 5.02 Å². The van der Waals surface area contributed by atoms with Gasteiger partial charge in [0.2, 0.25) is 0 Å². The summed E-state index contributed by atoms with van der Waals surface area (Å²) in [4.78, 5) is 36.1. The number of hydrogen-bond acceptors (Lipinski definition) is 5. The number of aliphatic hydroxyl groups is 1. The molecule has 1 aliphatic heterocycles. The number of hydrogen-bond donors (Lipinski definition) is 3. The molecular formula is C23H25ClN2O6. The molecule has 2 aromatic rings. The van der Waals surface area contributed by atoms with Crippen LogP contribution in [0.5, 0.6) is 0 Å². The summed E-state index contributed by atoms with van der Waals surface area (Å²) >= 11 is 5.93. The number of likely N-dealkylation sites (N-methyl/N-ethyl adjacent to an activating group) is 1. The zero-order chi connectivity index (χ0) is 23.7. The minimum atomic E-state index is -1.26. The summed E-state index contributed by atoms with van der Waals surface area (Å²) in [5, 5.41) is 26.7. The molecule has 0 saturated carbocycles. The normalized spacial score (nSPS) is 18.1. The fourth-order valence-corrected chi connectivity index (χ4v) is 3.41. The number of aliphatic carboxylic acids is 2. The van der Waals surface area contributed by atoms with Crippen molar-refractivity contribution >= 4 is 35.1 Å². The predicted octanol–water partition coefficient (Wildman–Crippen LogP) is 2.76. The van der Waals surface area contributed by atoms with E-state index in [1.165, 1.54) is 0 Å². The molecule has 2 unspecified atom stereocenters. The van der Waals surface area contributed by atoms with E-state index in [4.69, 9.17) is 21.8 Å². The molecule has 1 aliphatic rings. The highest BCUT2D eigenvalue weighted by Crippen LogP contribution is 2.26. The summed E-state index contributed by atoms with van der Waals surface area (Å²) in [6, 6.07) is 16.1. The summed E-state index contributed by atoms with van der Waals surface area (Å²) in [6.45, 7) is 4.15. The molecule has 0 aliphatic carbocycles. The van der Waals surface area contributed by atoms with Gasteiger partial charge < -0.3 is 20.2 Å². The Kier molecular flexibility index (Phi) is 9.39. The molecule has 2 aromatic carbocycles. The number of halogens is 1. The maximum Gasteiger partial charge on any atom is 0.328 e. The number of para-hydroxylation sites is 1. The van der Waals surface area contributed by atoms with Gasteiger partial charge >= 0.3 is 11.9 Å². The molecule has 1 amide bonds. The average molecular weight is 461 g/mol. The molecule has 9 heteroatoms. The topological polar surface area (TPSA) is 118 Å². The SMILES string of the molecule is CCN1CC(O)C(N(C(=O)c2ccc(Cl)cc2)c2ccccc2)C1.O=C(O)/C=C/C(=O)O. The zero-order valence-electron chi connectivity index (χ0n) is 17.5. The number of carbonyl (C=O) groups is 3. The molecule has 1 saturated heterocycles. The van der Waals surface area contributed by atoms with Crippen LogP contribution >= 0.6 is 11.6 Å². The van der Waals surface area contributed by atoms with Gasteiger partial charge in [-0.2, -0.15) is 0 Å². The number of benzene rings is 2.